The minimum Gasteiger partial charge on any atom is -0.354 e. The van der Waals surface area contributed by atoms with Crippen molar-refractivity contribution in [3.63, 3.8) is 0 Å². The van der Waals surface area contributed by atoms with E-state index in [0.717, 1.165) is 35.8 Å². The molecule has 0 N–H and O–H groups in total. The summed E-state index contributed by atoms with van der Waals surface area (Å²) in [5.41, 5.74) is 1.01. The Morgan fingerprint density at radius 1 is 1.25 bits per heavy atom. The minimum atomic E-state index is 0.769. The molecule has 4 heteroatoms. The van der Waals surface area contributed by atoms with E-state index in [4.69, 9.17) is 0 Å². The lowest BCUT2D eigenvalue weighted by Gasteiger charge is -2.33. The van der Waals surface area contributed by atoms with Crippen LogP contribution in [-0.4, -0.2) is 28.6 Å². The summed E-state index contributed by atoms with van der Waals surface area (Å²) in [4.78, 5) is 2.42. The van der Waals surface area contributed by atoms with Crippen molar-refractivity contribution in [3.05, 3.63) is 30.0 Å². The van der Waals surface area contributed by atoms with Crippen molar-refractivity contribution < 1.29 is 0 Å². The van der Waals surface area contributed by atoms with Crippen LogP contribution in [0.4, 0.5) is 5.82 Å². The molecule has 1 atom stereocenters. The van der Waals surface area contributed by atoms with E-state index in [-0.39, 0.29) is 0 Å². The van der Waals surface area contributed by atoms with E-state index in [1.165, 1.54) is 30.0 Å². The van der Waals surface area contributed by atoms with E-state index in [2.05, 4.69) is 55.3 Å². The summed E-state index contributed by atoms with van der Waals surface area (Å²) >= 11 is 3.56. The van der Waals surface area contributed by atoms with Crippen molar-refractivity contribution in [1.82, 2.24) is 10.2 Å². The molecule has 20 heavy (non-hydrogen) atoms. The molecule has 1 fully saturated rings. The molecule has 1 saturated heterocycles. The number of hydrogen-bond donors (Lipinski definition) is 0. The van der Waals surface area contributed by atoms with Crippen LogP contribution in [-0.2, 0) is 0 Å². The number of piperidine rings is 1. The largest absolute Gasteiger partial charge is 0.354 e. The second-order valence-electron chi connectivity index (χ2n) is 5.59. The zero-order chi connectivity index (χ0) is 13.9. The molecule has 0 spiro atoms. The summed E-state index contributed by atoms with van der Waals surface area (Å²) in [7, 11) is 0. The van der Waals surface area contributed by atoms with Crippen molar-refractivity contribution in [2.75, 3.05) is 23.3 Å². The van der Waals surface area contributed by atoms with Crippen LogP contribution in [0, 0.1) is 12.8 Å². The summed E-state index contributed by atoms with van der Waals surface area (Å²) in [5, 5.41) is 12.4. The molecule has 1 aliphatic heterocycles. The maximum Gasteiger partial charge on any atom is 0.159 e. The van der Waals surface area contributed by atoms with E-state index >= 15 is 0 Å². The first-order valence-corrected chi connectivity index (χ1v) is 8.44. The highest BCUT2D eigenvalue weighted by molar-refractivity contribution is 9.09. The first-order valence-electron chi connectivity index (χ1n) is 7.32. The number of rotatable bonds is 3. The average Bonchev–Trinajstić information content (AvgIpc) is 2.49. The van der Waals surface area contributed by atoms with Crippen LogP contribution in [0.2, 0.25) is 0 Å². The molecule has 0 saturated carbocycles. The van der Waals surface area contributed by atoms with E-state index in [1.54, 1.807) is 0 Å². The predicted molar refractivity (Wildman–Crippen MR) is 87.6 cm³/mol. The maximum atomic E-state index is 4.49. The summed E-state index contributed by atoms with van der Waals surface area (Å²) in [6.45, 7) is 4.23. The molecule has 3 rings (SSSR count). The van der Waals surface area contributed by atoms with E-state index in [9.17, 15) is 0 Å². The first-order chi connectivity index (χ1) is 9.79. The fourth-order valence-corrected chi connectivity index (χ4v) is 3.75. The van der Waals surface area contributed by atoms with Crippen molar-refractivity contribution in [2.24, 2.45) is 5.92 Å². The second kappa shape index (κ2) is 6.08. The van der Waals surface area contributed by atoms with Gasteiger partial charge in [0.05, 0.1) is 5.69 Å². The third kappa shape index (κ3) is 2.66. The third-order valence-corrected chi connectivity index (χ3v) is 4.65. The van der Waals surface area contributed by atoms with Crippen LogP contribution in [0.5, 0.6) is 0 Å². The van der Waals surface area contributed by atoms with Crippen LogP contribution in [0.25, 0.3) is 10.8 Å². The second-order valence-corrected chi connectivity index (χ2v) is 6.38. The Bertz CT molecular complexity index is 597. The third-order valence-electron chi connectivity index (χ3n) is 4.19. The van der Waals surface area contributed by atoms with Gasteiger partial charge in [-0.05, 0) is 32.1 Å². The van der Waals surface area contributed by atoms with Crippen molar-refractivity contribution in [3.8, 4) is 0 Å². The van der Waals surface area contributed by atoms with Gasteiger partial charge >= 0.3 is 0 Å². The maximum absolute atomic E-state index is 4.49. The molecule has 1 unspecified atom stereocenters. The molecule has 1 aromatic carbocycles. The fraction of sp³-hybridized carbons (Fsp3) is 0.500. The Morgan fingerprint density at radius 3 is 2.85 bits per heavy atom. The molecule has 0 amide bonds. The van der Waals surface area contributed by atoms with Crippen molar-refractivity contribution >= 4 is 32.5 Å². The molecular weight excluding hydrogens is 314 g/mol. The summed E-state index contributed by atoms with van der Waals surface area (Å²) in [6, 6.07) is 8.47. The molecule has 0 aliphatic carbocycles. The number of halogens is 1. The highest BCUT2D eigenvalue weighted by Gasteiger charge is 2.22. The molecule has 3 nitrogen and oxygen atoms in total. The van der Waals surface area contributed by atoms with Gasteiger partial charge in [-0.2, -0.15) is 5.10 Å². The van der Waals surface area contributed by atoms with E-state index in [1.807, 2.05) is 6.92 Å². The number of aryl methyl sites for hydroxylation is 1. The Kier molecular flexibility index (Phi) is 4.20. The molecule has 0 bridgehead atoms. The van der Waals surface area contributed by atoms with E-state index < -0.39 is 0 Å². The lowest BCUT2D eigenvalue weighted by atomic mass is 9.95. The van der Waals surface area contributed by atoms with Crippen LogP contribution in [0.3, 0.4) is 0 Å². The Labute approximate surface area is 128 Å². The molecule has 106 valence electrons. The van der Waals surface area contributed by atoms with Crippen LogP contribution >= 0.6 is 15.9 Å². The van der Waals surface area contributed by atoms with Gasteiger partial charge in [0, 0.05) is 29.2 Å². The van der Waals surface area contributed by atoms with Crippen LogP contribution < -0.4 is 4.90 Å². The number of alkyl halides is 1. The van der Waals surface area contributed by atoms with Crippen molar-refractivity contribution in [2.45, 2.75) is 26.2 Å². The van der Waals surface area contributed by atoms with E-state index in [0.29, 0.717) is 0 Å². The number of fused-ring (bicyclic) bond motifs is 1. The van der Waals surface area contributed by atoms with Crippen LogP contribution in [0.1, 0.15) is 25.0 Å². The Balaban J connectivity index is 1.95. The topological polar surface area (TPSA) is 29.0 Å². The van der Waals surface area contributed by atoms with Gasteiger partial charge in [-0.25, -0.2) is 0 Å². The molecule has 1 aromatic heterocycles. The number of anilines is 1. The van der Waals surface area contributed by atoms with Crippen molar-refractivity contribution in [1.29, 1.82) is 0 Å². The number of aromatic nitrogens is 2. The monoisotopic (exact) mass is 333 g/mol. The van der Waals surface area contributed by atoms with Gasteiger partial charge in [0.25, 0.3) is 0 Å². The normalized spacial score (nSPS) is 19.5. The molecule has 0 radical (unpaired) electrons. The Morgan fingerprint density at radius 2 is 2.05 bits per heavy atom. The summed E-state index contributed by atoms with van der Waals surface area (Å²) in [6.07, 6.45) is 3.83. The highest BCUT2D eigenvalue weighted by Crippen LogP contribution is 2.29. The number of nitrogens with zero attached hydrogens (tertiary/aromatic N) is 3. The van der Waals surface area contributed by atoms with Gasteiger partial charge in [0.15, 0.2) is 5.82 Å². The zero-order valence-corrected chi connectivity index (χ0v) is 13.4. The Hall–Kier alpha value is -1.16. The average molecular weight is 334 g/mol. The fourth-order valence-electron chi connectivity index (χ4n) is 3.10. The molecule has 2 heterocycles. The molecule has 2 aromatic rings. The molecule has 1 aliphatic rings. The van der Waals surface area contributed by atoms with Gasteiger partial charge < -0.3 is 4.90 Å². The standard InChI is InChI=1S/C16H20BrN3/c1-12-14-6-2-3-7-15(14)16(19-18-12)20-10-4-5-13(11-20)8-9-17/h2-3,6-7,13H,4-5,8-11H2,1H3. The lowest BCUT2D eigenvalue weighted by Crippen LogP contribution is -2.36. The number of benzene rings is 1. The first kappa shape index (κ1) is 13.8. The van der Waals surface area contributed by atoms with Gasteiger partial charge in [-0.1, -0.05) is 40.2 Å². The minimum absolute atomic E-state index is 0.769. The van der Waals surface area contributed by atoms with Crippen LogP contribution in [0.15, 0.2) is 24.3 Å². The van der Waals surface area contributed by atoms with Gasteiger partial charge in [0.1, 0.15) is 0 Å². The quantitative estimate of drug-likeness (QED) is 0.796. The zero-order valence-electron chi connectivity index (χ0n) is 11.8. The van der Waals surface area contributed by atoms with Gasteiger partial charge in [-0.3, -0.25) is 0 Å². The molecular formula is C16H20BrN3. The number of hydrogen-bond acceptors (Lipinski definition) is 3. The lowest BCUT2D eigenvalue weighted by molar-refractivity contribution is 0.406. The predicted octanol–water partition coefficient (Wildman–Crippen LogP) is 3.94. The van der Waals surface area contributed by atoms with Gasteiger partial charge in [0.2, 0.25) is 0 Å². The summed E-state index contributed by atoms with van der Waals surface area (Å²) in [5.74, 6) is 1.83. The smallest absolute Gasteiger partial charge is 0.159 e. The van der Waals surface area contributed by atoms with Gasteiger partial charge in [-0.15, -0.1) is 5.10 Å². The highest BCUT2D eigenvalue weighted by atomic mass is 79.9. The SMILES string of the molecule is Cc1nnc(N2CCCC(CCBr)C2)c2ccccc12. The summed E-state index contributed by atoms with van der Waals surface area (Å²) < 4.78 is 0.